The summed E-state index contributed by atoms with van der Waals surface area (Å²) in [6.45, 7) is 0. The minimum Gasteiger partial charge on any atom is -0.494 e. The maximum atomic E-state index is 12.1. The number of carbonyl (C=O) groups excluding carboxylic acids is 2. The average molecular weight is 368 g/mol. The highest BCUT2D eigenvalue weighted by Crippen LogP contribution is 2.35. The summed E-state index contributed by atoms with van der Waals surface area (Å²) in [5.41, 5.74) is -0.0827. The lowest BCUT2D eigenvalue weighted by Gasteiger charge is -1.97. The zero-order valence-corrected chi connectivity index (χ0v) is 13.9. The summed E-state index contributed by atoms with van der Waals surface area (Å²) in [4.78, 5) is 34.0. The van der Waals surface area contributed by atoms with Gasteiger partial charge in [-0.15, -0.1) is 10.2 Å². The average Bonchev–Trinajstić information content (AvgIpc) is 2.89. The minimum absolute atomic E-state index is 0.0400. The number of nitro groups is 1. The van der Waals surface area contributed by atoms with E-state index in [0.717, 1.165) is 16.7 Å². The summed E-state index contributed by atoms with van der Waals surface area (Å²) in [6.07, 6.45) is 0. The maximum absolute atomic E-state index is 12.1. The van der Waals surface area contributed by atoms with Crippen molar-refractivity contribution in [2.75, 3.05) is 0 Å². The molecule has 2 aromatic carbocycles. The SMILES string of the molecule is Cn1c(O)c2ccc(C(=O)N=NC(=O)c3ccc([N+](=O)[O-])cc3)cc2c1O. The van der Waals surface area contributed by atoms with E-state index >= 15 is 0 Å². The molecule has 3 aromatic rings. The predicted molar refractivity (Wildman–Crippen MR) is 92.9 cm³/mol. The van der Waals surface area contributed by atoms with Crippen LogP contribution in [0.25, 0.3) is 10.8 Å². The molecule has 10 nitrogen and oxygen atoms in total. The largest absolute Gasteiger partial charge is 0.494 e. The Balaban J connectivity index is 1.82. The van der Waals surface area contributed by atoms with Gasteiger partial charge in [0, 0.05) is 41.1 Å². The van der Waals surface area contributed by atoms with Crippen LogP contribution in [-0.4, -0.2) is 31.5 Å². The Morgan fingerprint density at radius 3 is 2.04 bits per heavy atom. The number of benzene rings is 2. The second-order valence-corrected chi connectivity index (χ2v) is 5.58. The molecule has 0 unspecified atom stereocenters. The number of non-ortho nitro benzene ring substituents is 1. The number of nitro benzene ring substituents is 1. The number of nitrogens with zero attached hydrogens (tertiary/aromatic N) is 4. The number of hydrogen-bond acceptors (Lipinski definition) is 6. The van der Waals surface area contributed by atoms with Gasteiger partial charge in [-0.25, -0.2) is 0 Å². The standard InChI is InChI=1S/C17H12N4O6/c1-20-16(24)12-7-4-10(8-13(12)17(20)25)15(23)19-18-14(22)9-2-5-11(6-3-9)21(26)27/h2-8,24-25H,1H3. The van der Waals surface area contributed by atoms with Crippen LogP contribution in [0.5, 0.6) is 11.8 Å². The van der Waals surface area contributed by atoms with Gasteiger partial charge < -0.3 is 10.2 Å². The van der Waals surface area contributed by atoms with E-state index in [9.17, 15) is 29.9 Å². The Labute approximate surface area is 151 Å². The van der Waals surface area contributed by atoms with Gasteiger partial charge in [-0.1, -0.05) is 0 Å². The van der Waals surface area contributed by atoms with E-state index in [1.807, 2.05) is 0 Å². The number of hydrogen-bond donors (Lipinski definition) is 2. The quantitative estimate of drug-likeness (QED) is 0.412. The van der Waals surface area contributed by atoms with E-state index < -0.39 is 16.7 Å². The van der Waals surface area contributed by atoms with Crippen molar-refractivity contribution < 1.29 is 24.7 Å². The molecule has 136 valence electrons. The van der Waals surface area contributed by atoms with E-state index in [1.54, 1.807) is 0 Å². The fourth-order valence-corrected chi connectivity index (χ4v) is 2.45. The van der Waals surface area contributed by atoms with Crippen LogP contribution in [0.15, 0.2) is 52.7 Å². The van der Waals surface area contributed by atoms with E-state index in [0.29, 0.717) is 5.39 Å². The molecule has 0 saturated carbocycles. The number of rotatable bonds is 3. The van der Waals surface area contributed by atoms with Crippen LogP contribution in [-0.2, 0) is 7.05 Å². The Hall–Kier alpha value is -4.08. The fourth-order valence-electron chi connectivity index (χ4n) is 2.45. The first-order valence-corrected chi connectivity index (χ1v) is 7.55. The van der Waals surface area contributed by atoms with Gasteiger partial charge in [0.2, 0.25) is 11.8 Å². The second-order valence-electron chi connectivity index (χ2n) is 5.58. The first kappa shape index (κ1) is 17.7. The normalized spacial score (nSPS) is 11.1. The minimum atomic E-state index is -0.834. The van der Waals surface area contributed by atoms with Crippen LogP contribution in [0.4, 0.5) is 5.69 Å². The van der Waals surface area contributed by atoms with Gasteiger partial charge >= 0.3 is 0 Å². The smallest absolute Gasteiger partial charge is 0.295 e. The lowest BCUT2D eigenvalue weighted by atomic mass is 10.1. The van der Waals surface area contributed by atoms with E-state index in [4.69, 9.17) is 0 Å². The molecular formula is C17H12N4O6. The molecule has 0 aliphatic carbocycles. The molecule has 0 radical (unpaired) electrons. The fraction of sp³-hybridized carbons (Fsp3) is 0.0588. The van der Waals surface area contributed by atoms with Gasteiger partial charge in [0.25, 0.3) is 17.5 Å². The third-order valence-electron chi connectivity index (χ3n) is 3.94. The van der Waals surface area contributed by atoms with E-state index in [2.05, 4.69) is 10.2 Å². The van der Waals surface area contributed by atoms with Crippen molar-refractivity contribution in [3.8, 4) is 11.8 Å². The summed E-state index contributed by atoms with van der Waals surface area (Å²) in [6, 6.07) is 8.83. The number of amides is 2. The molecule has 10 heteroatoms. The number of carbonyl (C=O) groups is 2. The molecule has 2 N–H and O–H groups in total. The molecule has 3 rings (SSSR count). The highest BCUT2D eigenvalue weighted by atomic mass is 16.6. The van der Waals surface area contributed by atoms with Crippen LogP contribution in [0.2, 0.25) is 0 Å². The van der Waals surface area contributed by atoms with E-state index in [1.165, 1.54) is 37.4 Å². The summed E-state index contributed by atoms with van der Waals surface area (Å²) >= 11 is 0. The molecule has 0 atom stereocenters. The van der Waals surface area contributed by atoms with Crippen LogP contribution in [0.3, 0.4) is 0 Å². The summed E-state index contributed by atoms with van der Waals surface area (Å²) in [7, 11) is 1.45. The molecule has 1 aromatic heterocycles. The van der Waals surface area contributed by atoms with Crippen molar-refractivity contribution in [2.45, 2.75) is 0 Å². The number of aromatic nitrogens is 1. The molecule has 0 saturated heterocycles. The summed E-state index contributed by atoms with van der Waals surface area (Å²) in [5, 5.41) is 37.7. The molecular weight excluding hydrogens is 356 g/mol. The van der Waals surface area contributed by atoms with Crippen LogP contribution in [0.1, 0.15) is 20.7 Å². The third-order valence-corrected chi connectivity index (χ3v) is 3.94. The van der Waals surface area contributed by atoms with Crippen molar-refractivity contribution in [2.24, 2.45) is 17.3 Å². The summed E-state index contributed by atoms with van der Waals surface area (Å²) in [5.74, 6) is -2.04. The highest BCUT2D eigenvalue weighted by Gasteiger charge is 2.16. The molecule has 0 fully saturated rings. The van der Waals surface area contributed by atoms with Crippen molar-refractivity contribution in [3.63, 3.8) is 0 Å². The first-order chi connectivity index (χ1) is 12.8. The monoisotopic (exact) mass is 368 g/mol. The second kappa shape index (κ2) is 6.67. The zero-order chi connectivity index (χ0) is 19.7. The lowest BCUT2D eigenvalue weighted by molar-refractivity contribution is -0.384. The number of azo groups is 1. The van der Waals surface area contributed by atoms with Crippen molar-refractivity contribution >= 4 is 28.3 Å². The molecule has 0 aliphatic rings. The van der Waals surface area contributed by atoms with Crippen molar-refractivity contribution in [1.82, 2.24) is 4.57 Å². The van der Waals surface area contributed by atoms with Gasteiger partial charge in [-0.05, 0) is 30.3 Å². The van der Waals surface area contributed by atoms with Gasteiger partial charge in [-0.3, -0.25) is 24.3 Å². The molecule has 1 heterocycles. The third kappa shape index (κ3) is 3.23. The van der Waals surface area contributed by atoms with Gasteiger partial charge in [-0.2, -0.15) is 0 Å². The molecule has 27 heavy (non-hydrogen) atoms. The predicted octanol–water partition coefficient (Wildman–Crippen LogP) is 2.93. The van der Waals surface area contributed by atoms with Crippen LogP contribution in [0, 0.1) is 10.1 Å². The Morgan fingerprint density at radius 2 is 1.44 bits per heavy atom. The van der Waals surface area contributed by atoms with Crippen LogP contribution >= 0.6 is 0 Å². The number of fused-ring (bicyclic) bond motifs is 1. The van der Waals surface area contributed by atoms with Crippen molar-refractivity contribution in [3.05, 3.63) is 63.7 Å². The molecule has 2 amide bonds. The lowest BCUT2D eigenvalue weighted by Crippen LogP contribution is -1.98. The van der Waals surface area contributed by atoms with Gasteiger partial charge in [0.15, 0.2) is 0 Å². The summed E-state index contributed by atoms with van der Waals surface area (Å²) < 4.78 is 1.15. The molecule has 0 bridgehead atoms. The number of aromatic hydroxyl groups is 2. The Bertz CT molecular complexity index is 1110. The Morgan fingerprint density at radius 1 is 0.926 bits per heavy atom. The van der Waals surface area contributed by atoms with Crippen LogP contribution < -0.4 is 0 Å². The van der Waals surface area contributed by atoms with Gasteiger partial charge in [0.05, 0.1) is 4.92 Å². The molecule has 0 aliphatic heterocycles. The molecule has 0 spiro atoms. The van der Waals surface area contributed by atoms with Gasteiger partial charge in [0.1, 0.15) is 0 Å². The maximum Gasteiger partial charge on any atom is 0.295 e. The first-order valence-electron chi connectivity index (χ1n) is 7.55. The highest BCUT2D eigenvalue weighted by molar-refractivity contribution is 6.03. The Kier molecular flexibility index (Phi) is 4.38. The zero-order valence-electron chi connectivity index (χ0n) is 13.9. The van der Waals surface area contributed by atoms with Crippen molar-refractivity contribution in [1.29, 1.82) is 0 Å². The van der Waals surface area contributed by atoms with E-state index in [-0.39, 0.29) is 34.0 Å². The topological polar surface area (TPSA) is 147 Å².